The van der Waals surface area contributed by atoms with Gasteiger partial charge >= 0.3 is 12.0 Å². The number of urea groups is 1. The molecule has 0 aliphatic carbocycles. The summed E-state index contributed by atoms with van der Waals surface area (Å²) in [7, 11) is 0. The third-order valence-electron chi connectivity index (χ3n) is 3.53. The molecule has 0 spiro atoms. The van der Waals surface area contributed by atoms with Gasteiger partial charge < -0.3 is 15.3 Å². The monoisotopic (exact) mass is 292 g/mol. The minimum absolute atomic E-state index is 0.0461. The Labute approximate surface area is 126 Å². The van der Waals surface area contributed by atoms with Gasteiger partial charge in [-0.1, -0.05) is 37.3 Å². The van der Waals surface area contributed by atoms with Crippen molar-refractivity contribution in [3.05, 3.63) is 35.9 Å². The number of hydrogen-bond acceptors (Lipinski definition) is 2. The number of benzene rings is 1. The normalized spacial score (nSPS) is 13.3. The third kappa shape index (κ3) is 5.45. The molecule has 1 aromatic carbocycles. The maximum atomic E-state index is 12.2. The standard InChI is InChI=1S/C16H24N2O3/c1-4-18(13(3)10-15(19)20)16(21)17-11-12(2)14-8-6-5-7-9-14/h5-9,12-13H,4,10-11H2,1-3H3,(H,17,21)(H,19,20). The topological polar surface area (TPSA) is 69.6 Å². The Morgan fingerprint density at radius 1 is 1.24 bits per heavy atom. The Hall–Kier alpha value is -2.04. The van der Waals surface area contributed by atoms with Crippen LogP contribution in [0.15, 0.2) is 30.3 Å². The highest BCUT2D eigenvalue weighted by Crippen LogP contribution is 2.13. The lowest BCUT2D eigenvalue weighted by molar-refractivity contribution is -0.138. The molecule has 0 bridgehead atoms. The predicted octanol–water partition coefficient (Wildman–Crippen LogP) is 2.68. The number of carboxylic acid groups (broad SMARTS) is 1. The lowest BCUT2D eigenvalue weighted by Gasteiger charge is -2.28. The van der Waals surface area contributed by atoms with Gasteiger partial charge in [0.15, 0.2) is 0 Å². The molecule has 2 atom stereocenters. The van der Waals surface area contributed by atoms with Crippen molar-refractivity contribution in [3.8, 4) is 0 Å². The van der Waals surface area contributed by atoms with E-state index in [2.05, 4.69) is 5.32 Å². The smallest absolute Gasteiger partial charge is 0.317 e. The van der Waals surface area contributed by atoms with Gasteiger partial charge in [0.1, 0.15) is 0 Å². The molecule has 1 rings (SSSR count). The number of amides is 2. The zero-order valence-corrected chi connectivity index (χ0v) is 12.9. The second-order valence-corrected chi connectivity index (χ2v) is 5.23. The number of carbonyl (C=O) groups is 2. The Kier molecular flexibility index (Phi) is 6.72. The molecule has 0 heterocycles. The van der Waals surface area contributed by atoms with Crippen molar-refractivity contribution in [1.82, 2.24) is 10.2 Å². The molecule has 0 fully saturated rings. The van der Waals surface area contributed by atoms with Gasteiger partial charge in [0.25, 0.3) is 0 Å². The third-order valence-corrected chi connectivity index (χ3v) is 3.53. The summed E-state index contributed by atoms with van der Waals surface area (Å²) >= 11 is 0. The Bertz CT molecular complexity index is 462. The van der Waals surface area contributed by atoms with Crippen LogP contribution in [0.3, 0.4) is 0 Å². The van der Waals surface area contributed by atoms with Crippen LogP contribution in [0.4, 0.5) is 4.79 Å². The van der Waals surface area contributed by atoms with Crippen molar-refractivity contribution in [2.24, 2.45) is 0 Å². The van der Waals surface area contributed by atoms with E-state index >= 15 is 0 Å². The molecule has 0 saturated heterocycles. The number of carboxylic acids is 1. The van der Waals surface area contributed by atoms with Gasteiger partial charge in [-0.25, -0.2) is 4.79 Å². The molecule has 0 aliphatic rings. The molecule has 2 amide bonds. The van der Waals surface area contributed by atoms with Crippen molar-refractivity contribution < 1.29 is 14.7 Å². The number of nitrogens with zero attached hydrogens (tertiary/aromatic N) is 1. The molecule has 0 aliphatic heterocycles. The van der Waals surface area contributed by atoms with Crippen LogP contribution in [0, 0.1) is 0 Å². The minimum Gasteiger partial charge on any atom is -0.481 e. The van der Waals surface area contributed by atoms with E-state index in [9.17, 15) is 9.59 Å². The average Bonchev–Trinajstić information content (AvgIpc) is 2.45. The van der Waals surface area contributed by atoms with Gasteiger partial charge in [0, 0.05) is 19.1 Å². The Morgan fingerprint density at radius 3 is 2.38 bits per heavy atom. The summed E-state index contributed by atoms with van der Waals surface area (Å²) in [5.74, 6) is -0.685. The van der Waals surface area contributed by atoms with Gasteiger partial charge in [0.05, 0.1) is 6.42 Å². The summed E-state index contributed by atoms with van der Waals surface area (Å²) in [6.45, 7) is 6.65. The average molecular weight is 292 g/mol. The predicted molar refractivity (Wildman–Crippen MR) is 82.4 cm³/mol. The quantitative estimate of drug-likeness (QED) is 0.811. The Balaban J connectivity index is 2.53. The number of aliphatic carboxylic acids is 1. The van der Waals surface area contributed by atoms with Gasteiger partial charge in [-0.15, -0.1) is 0 Å². The molecular formula is C16H24N2O3. The van der Waals surface area contributed by atoms with Crippen molar-refractivity contribution in [1.29, 1.82) is 0 Å². The lowest BCUT2D eigenvalue weighted by Crippen LogP contribution is -2.46. The second kappa shape index (κ2) is 8.29. The fourth-order valence-electron chi connectivity index (χ4n) is 2.26. The first-order valence-corrected chi connectivity index (χ1v) is 7.26. The number of hydrogen-bond donors (Lipinski definition) is 2. The van der Waals surface area contributed by atoms with Crippen LogP contribution in [-0.2, 0) is 4.79 Å². The number of rotatable bonds is 7. The van der Waals surface area contributed by atoms with E-state index in [0.29, 0.717) is 13.1 Å². The van der Waals surface area contributed by atoms with Gasteiger partial charge in [-0.2, -0.15) is 0 Å². The fraction of sp³-hybridized carbons (Fsp3) is 0.500. The SMILES string of the molecule is CCN(C(=O)NCC(C)c1ccccc1)C(C)CC(=O)O. The van der Waals surface area contributed by atoms with Crippen LogP contribution < -0.4 is 5.32 Å². The number of carbonyl (C=O) groups excluding carboxylic acids is 1. The second-order valence-electron chi connectivity index (χ2n) is 5.23. The van der Waals surface area contributed by atoms with E-state index < -0.39 is 5.97 Å². The van der Waals surface area contributed by atoms with Gasteiger partial charge in [-0.3, -0.25) is 4.79 Å². The summed E-state index contributed by atoms with van der Waals surface area (Å²) in [5, 5.41) is 11.7. The van der Waals surface area contributed by atoms with Crippen molar-refractivity contribution in [3.63, 3.8) is 0 Å². The van der Waals surface area contributed by atoms with E-state index in [1.807, 2.05) is 44.2 Å². The molecule has 2 N–H and O–H groups in total. The van der Waals surface area contributed by atoms with E-state index in [4.69, 9.17) is 5.11 Å². The lowest BCUT2D eigenvalue weighted by atomic mass is 10.0. The molecule has 1 aromatic rings. The summed E-state index contributed by atoms with van der Waals surface area (Å²) in [4.78, 5) is 24.4. The highest BCUT2D eigenvalue weighted by Gasteiger charge is 2.20. The van der Waals surface area contributed by atoms with E-state index in [0.717, 1.165) is 0 Å². The molecule has 5 heteroatoms. The molecule has 21 heavy (non-hydrogen) atoms. The molecule has 0 radical (unpaired) electrons. The van der Waals surface area contributed by atoms with Crippen molar-refractivity contribution in [2.75, 3.05) is 13.1 Å². The van der Waals surface area contributed by atoms with Crippen LogP contribution in [0.25, 0.3) is 0 Å². The fourth-order valence-corrected chi connectivity index (χ4v) is 2.26. The van der Waals surface area contributed by atoms with Crippen LogP contribution in [0.2, 0.25) is 0 Å². The molecular weight excluding hydrogens is 268 g/mol. The molecule has 116 valence electrons. The highest BCUT2D eigenvalue weighted by molar-refractivity contribution is 5.76. The first-order valence-electron chi connectivity index (χ1n) is 7.26. The van der Waals surface area contributed by atoms with Crippen molar-refractivity contribution in [2.45, 2.75) is 39.2 Å². The van der Waals surface area contributed by atoms with Crippen molar-refractivity contribution >= 4 is 12.0 Å². The van der Waals surface area contributed by atoms with Crippen LogP contribution in [0.5, 0.6) is 0 Å². The van der Waals surface area contributed by atoms with Gasteiger partial charge in [0.2, 0.25) is 0 Å². The first-order chi connectivity index (χ1) is 9.95. The zero-order valence-electron chi connectivity index (χ0n) is 12.9. The highest BCUT2D eigenvalue weighted by atomic mass is 16.4. The Morgan fingerprint density at radius 2 is 1.86 bits per heavy atom. The first kappa shape index (κ1) is 17.0. The van der Waals surface area contributed by atoms with E-state index in [1.165, 1.54) is 5.56 Å². The molecule has 5 nitrogen and oxygen atoms in total. The minimum atomic E-state index is -0.897. The summed E-state index contributed by atoms with van der Waals surface area (Å²) in [6, 6.07) is 9.43. The maximum absolute atomic E-state index is 12.2. The van der Waals surface area contributed by atoms with E-state index in [-0.39, 0.29) is 24.4 Å². The van der Waals surface area contributed by atoms with E-state index in [1.54, 1.807) is 11.8 Å². The number of nitrogens with one attached hydrogen (secondary N) is 1. The molecule has 2 unspecified atom stereocenters. The van der Waals surface area contributed by atoms with Crippen LogP contribution >= 0.6 is 0 Å². The summed E-state index contributed by atoms with van der Waals surface area (Å²) in [6.07, 6.45) is -0.0461. The van der Waals surface area contributed by atoms with Crippen LogP contribution in [0.1, 0.15) is 38.7 Å². The summed E-state index contributed by atoms with van der Waals surface area (Å²) in [5.41, 5.74) is 1.17. The molecule has 0 aromatic heterocycles. The van der Waals surface area contributed by atoms with Crippen LogP contribution in [-0.4, -0.2) is 41.1 Å². The zero-order chi connectivity index (χ0) is 15.8. The summed E-state index contributed by atoms with van der Waals surface area (Å²) < 4.78 is 0. The van der Waals surface area contributed by atoms with Gasteiger partial charge in [-0.05, 0) is 25.3 Å². The maximum Gasteiger partial charge on any atom is 0.317 e. The largest absolute Gasteiger partial charge is 0.481 e. The molecule has 0 saturated carbocycles.